The van der Waals surface area contributed by atoms with Gasteiger partial charge < -0.3 is 5.73 Å². The van der Waals surface area contributed by atoms with Crippen LogP contribution < -0.4 is 11.2 Å². The number of amides is 1. The van der Waals surface area contributed by atoms with Crippen molar-refractivity contribution in [2.45, 2.75) is 11.3 Å². The minimum absolute atomic E-state index is 0.233. The first-order valence-electron chi connectivity index (χ1n) is 8.60. The largest absolute Gasteiger partial charge is 0.369 e. The molecule has 0 unspecified atom stereocenters. The van der Waals surface area contributed by atoms with Gasteiger partial charge in [0.2, 0.25) is 5.91 Å². The first kappa shape index (κ1) is 16.7. The van der Waals surface area contributed by atoms with Gasteiger partial charge in [0.05, 0.1) is 12.0 Å². The molecule has 3 aromatic rings. The minimum atomic E-state index is -1.31. The van der Waals surface area contributed by atoms with E-state index in [9.17, 15) is 14.9 Å². The van der Waals surface area contributed by atoms with Crippen LogP contribution >= 0.6 is 0 Å². The molecule has 4 nitrogen and oxygen atoms in total. The van der Waals surface area contributed by atoms with E-state index in [1.165, 1.54) is 6.07 Å². The predicted octanol–water partition coefficient (Wildman–Crippen LogP) is 2.84. The standard InChI is InChI=1S/C23H16N2O2/c24-14-23(19-12-2-1-3-13-20(19)26)17-10-6-4-8-15(17)21(22(25)27)16-9-5-7-11-18(16)23/h1-13,21H,(H2,25,27). The van der Waals surface area contributed by atoms with E-state index in [-0.39, 0.29) is 5.43 Å². The number of benzene rings is 2. The van der Waals surface area contributed by atoms with Gasteiger partial charge in [0, 0.05) is 5.56 Å². The maximum Gasteiger partial charge on any atom is 0.229 e. The van der Waals surface area contributed by atoms with Crippen molar-refractivity contribution in [3.05, 3.63) is 117 Å². The molecule has 0 aromatic heterocycles. The van der Waals surface area contributed by atoms with E-state index < -0.39 is 17.2 Å². The molecule has 0 radical (unpaired) electrons. The Kier molecular flexibility index (Phi) is 3.86. The second-order valence-corrected chi connectivity index (χ2v) is 6.56. The van der Waals surface area contributed by atoms with Crippen LogP contribution in [0.25, 0.3) is 0 Å². The molecule has 1 aliphatic rings. The van der Waals surface area contributed by atoms with Crippen molar-refractivity contribution >= 4 is 5.91 Å². The summed E-state index contributed by atoms with van der Waals surface area (Å²) >= 11 is 0. The third-order valence-electron chi connectivity index (χ3n) is 5.21. The molecular weight excluding hydrogens is 336 g/mol. The number of rotatable bonds is 2. The topological polar surface area (TPSA) is 83.9 Å². The summed E-state index contributed by atoms with van der Waals surface area (Å²) in [5, 5.41) is 10.4. The monoisotopic (exact) mass is 352 g/mol. The third kappa shape index (κ3) is 2.29. The van der Waals surface area contributed by atoms with E-state index in [1.807, 2.05) is 24.3 Å². The normalized spacial score (nSPS) is 20.0. The molecule has 27 heavy (non-hydrogen) atoms. The predicted molar refractivity (Wildman–Crippen MR) is 102 cm³/mol. The maximum absolute atomic E-state index is 12.9. The number of carbonyl (C=O) groups is 1. The lowest BCUT2D eigenvalue weighted by Gasteiger charge is -2.38. The summed E-state index contributed by atoms with van der Waals surface area (Å²) in [7, 11) is 0. The highest BCUT2D eigenvalue weighted by atomic mass is 16.1. The number of hydrogen-bond acceptors (Lipinski definition) is 3. The third-order valence-corrected chi connectivity index (χ3v) is 5.21. The first-order chi connectivity index (χ1) is 13.1. The van der Waals surface area contributed by atoms with Crippen LogP contribution in [0.5, 0.6) is 0 Å². The van der Waals surface area contributed by atoms with Crippen LogP contribution in [0.3, 0.4) is 0 Å². The number of primary amides is 1. The summed E-state index contributed by atoms with van der Waals surface area (Å²) < 4.78 is 0. The molecule has 1 aliphatic carbocycles. The van der Waals surface area contributed by atoms with Gasteiger partial charge in [-0.05, 0) is 28.3 Å². The lowest BCUT2D eigenvalue weighted by molar-refractivity contribution is -0.118. The van der Waals surface area contributed by atoms with Crippen molar-refractivity contribution in [1.29, 1.82) is 5.26 Å². The first-order valence-corrected chi connectivity index (χ1v) is 8.60. The van der Waals surface area contributed by atoms with Gasteiger partial charge in [-0.25, -0.2) is 0 Å². The van der Waals surface area contributed by atoms with E-state index in [4.69, 9.17) is 5.73 Å². The highest BCUT2D eigenvalue weighted by Gasteiger charge is 2.47. The van der Waals surface area contributed by atoms with Gasteiger partial charge in [0.15, 0.2) is 5.43 Å². The Morgan fingerprint density at radius 1 is 0.815 bits per heavy atom. The van der Waals surface area contributed by atoms with E-state index in [0.717, 1.165) is 0 Å². The van der Waals surface area contributed by atoms with Crippen LogP contribution in [0, 0.1) is 11.3 Å². The fourth-order valence-electron chi connectivity index (χ4n) is 4.11. The van der Waals surface area contributed by atoms with Crippen molar-refractivity contribution in [1.82, 2.24) is 0 Å². The number of nitrogens with two attached hydrogens (primary N) is 1. The van der Waals surface area contributed by atoms with Crippen LogP contribution in [-0.4, -0.2) is 5.91 Å². The molecular formula is C23H16N2O2. The van der Waals surface area contributed by atoms with Crippen LogP contribution in [0.4, 0.5) is 0 Å². The fraction of sp³-hybridized carbons (Fsp3) is 0.0870. The molecule has 0 spiro atoms. The Morgan fingerprint density at radius 3 is 1.85 bits per heavy atom. The van der Waals surface area contributed by atoms with E-state index in [1.54, 1.807) is 48.5 Å². The molecule has 0 fully saturated rings. The van der Waals surface area contributed by atoms with Crippen LogP contribution in [0.1, 0.15) is 33.7 Å². The summed E-state index contributed by atoms with van der Waals surface area (Å²) in [4.78, 5) is 25.2. The van der Waals surface area contributed by atoms with Gasteiger partial charge in [0.1, 0.15) is 5.41 Å². The molecule has 3 aromatic carbocycles. The van der Waals surface area contributed by atoms with Crippen LogP contribution in [0.2, 0.25) is 0 Å². The molecule has 0 saturated carbocycles. The van der Waals surface area contributed by atoms with E-state index >= 15 is 0 Å². The number of nitriles is 1. The summed E-state index contributed by atoms with van der Waals surface area (Å²) in [6.07, 6.45) is 0. The maximum atomic E-state index is 12.9. The molecule has 0 saturated heterocycles. The molecule has 1 amide bonds. The Hall–Kier alpha value is -3.71. The average Bonchev–Trinajstić information content (AvgIpc) is 2.90. The zero-order valence-electron chi connectivity index (χ0n) is 14.4. The lowest BCUT2D eigenvalue weighted by Crippen LogP contribution is -2.40. The zero-order chi connectivity index (χ0) is 19.0. The van der Waals surface area contributed by atoms with E-state index in [2.05, 4.69) is 6.07 Å². The fourth-order valence-corrected chi connectivity index (χ4v) is 4.11. The summed E-state index contributed by atoms with van der Waals surface area (Å²) in [6, 6.07) is 25.2. The lowest BCUT2D eigenvalue weighted by atomic mass is 9.61. The molecule has 4 rings (SSSR count). The molecule has 130 valence electrons. The van der Waals surface area contributed by atoms with Gasteiger partial charge in [-0.3, -0.25) is 9.59 Å². The molecule has 4 heteroatoms. The van der Waals surface area contributed by atoms with Crippen molar-refractivity contribution < 1.29 is 4.79 Å². The van der Waals surface area contributed by atoms with Crippen LogP contribution in [-0.2, 0) is 10.2 Å². The van der Waals surface area contributed by atoms with E-state index in [0.29, 0.717) is 27.8 Å². The minimum Gasteiger partial charge on any atom is -0.369 e. The SMILES string of the molecule is N#CC1(c2cccccc2=O)c2ccccc2C(C(N)=O)c2ccccc21. The van der Waals surface area contributed by atoms with Gasteiger partial charge in [0.25, 0.3) is 0 Å². The van der Waals surface area contributed by atoms with Crippen molar-refractivity contribution in [2.75, 3.05) is 0 Å². The van der Waals surface area contributed by atoms with Gasteiger partial charge in [-0.15, -0.1) is 0 Å². The Bertz CT molecular complexity index is 1110. The summed E-state index contributed by atoms with van der Waals surface area (Å²) in [5.41, 5.74) is 7.12. The summed E-state index contributed by atoms with van der Waals surface area (Å²) in [6.45, 7) is 0. The van der Waals surface area contributed by atoms with Gasteiger partial charge in [-0.1, -0.05) is 72.8 Å². The molecule has 0 heterocycles. The van der Waals surface area contributed by atoms with Crippen LogP contribution in [0.15, 0.2) is 83.7 Å². The Morgan fingerprint density at radius 2 is 1.30 bits per heavy atom. The number of carbonyl (C=O) groups excluding carboxylic acids is 1. The van der Waals surface area contributed by atoms with Gasteiger partial charge >= 0.3 is 0 Å². The van der Waals surface area contributed by atoms with Crippen molar-refractivity contribution in [3.8, 4) is 6.07 Å². The Labute approximate surface area is 156 Å². The zero-order valence-corrected chi connectivity index (χ0v) is 14.4. The average molecular weight is 352 g/mol. The van der Waals surface area contributed by atoms with Gasteiger partial charge in [-0.2, -0.15) is 5.26 Å². The molecule has 0 atom stereocenters. The molecule has 2 N–H and O–H groups in total. The molecule has 0 aliphatic heterocycles. The highest BCUT2D eigenvalue weighted by molar-refractivity contribution is 5.89. The number of hydrogen-bond donors (Lipinski definition) is 1. The second-order valence-electron chi connectivity index (χ2n) is 6.56. The Balaban J connectivity index is 2.22. The van der Waals surface area contributed by atoms with Crippen molar-refractivity contribution in [3.63, 3.8) is 0 Å². The number of fused-ring (bicyclic) bond motifs is 2. The second kappa shape index (κ2) is 6.22. The van der Waals surface area contributed by atoms with Crippen molar-refractivity contribution in [2.24, 2.45) is 5.73 Å². The molecule has 0 bridgehead atoms. The highest BCUT2D eigenvalue weighted by Crippen LogP contribution is 2.49. The quantitative estimate of drug-likeness (QED) is 0.770. The smallest absolute Gasteiger partial charge is 0.229 e. The number of nitrogens with zero attached hydrogens (tertiary/aromatic N) is 1. The summed E-state index contributed by atoms with van der Waals surface area (Å²) in [5.74, 6) is -1.14.